The third-order valence-corrected chi connectivity index (χ3v) is 3.44. The smallest absolute Gasteiger partial charge is 0.337 e. The topological polar surface area (TPSA) is 77.0 Å². The summed E-state index contributed by atoms with van der Waals surface area (Å²) in [7, 11) is 1.33. The van der Waals surface area contributed by atoms with Gasteiger partial charge in [-0.05, 0) is 41.8 Å². The third kappa shape index (κ3) is 5.76. The summed E-state index contributed by atoms with van der Waals surface area (Å²) in [5.41, 5.74) is 4.78. The molecule has 0 radical (unpaired) electrons. The minimum atomic E-state index is -0.402. The number of carbonyl (C=O) groups is 2. The number of ether oxygens (including phenoxy) is 2. The van der Waals surface area contributed by atoms with Gasteiger partial charge in [0.25, 0.3) is 5.91 Å². The first-order valence-corrected chi connectivity index (χ1v) is 7.84. The van der Waals surface area contributed by atoms with Crippen LogP contribution in [-0.2, 0) is 16.0 Å². The summed E-state index contributed by atoms with van der Waals surface area (Å²) >= 11 is 0. The van der Waals surface area contributed by atoms with Gasteiger partial charge < -0.3 is 9.47 Å². The van der Waals surface area contributed by atoms with Crippen LogP contribution in [0.1, 0.15) is 28.4 Å². The molecular weight excluding hydrogens is 320 g/mol. The van der Waals surface area contributed by atoms with Crippen LogP contribution in [0.2, 0.25) is 0 Å². The molecule has 0 aromatic heterocycles. The van der Waals surface area contributed by atoms with Crippen molar-refractivity contribution < 1.29 is 19.1 Å². The van der Waals surface area contributed by atoms with Gasteiger partial charge in [-0.15, -0.1) is 0 Å². The molecule has 0 spiro atoms. The minimum Gasteiger partial charge on any atom is -0.484 e. The Labute approximate surface area is 146 Å². The lowest BCUT2D eigenvalue weighted by molar-refractivity contribution is -0.123. The minimum absolute atomic E-state index is 0.121. The van der Waals surface area contributed by atoms with Crippen molar-refractivity contribution in [2.75, 3.05) is 13.7 Å². The zero-order valence-electron chi connectivity index (χ0n) is 14.2. The number of esters is 1. The van der Waals surface area contributed by atoms with Crippen molar-refractivity contribution in [3.8, 4) is 5.75 Å². The van der Waals surface area contributed by atoms with Crippen LogP contribution in [0.4, 0.5) is 0 Å². The van der Waals surface area contributed by atoms with E-state index in [0.717, 1.165) is 12.0 Å². The molecule has 1 amide bonds. The normalized spacial score (nSPS) is 10.5. The molecular formula is C19H20N2O4. The molecule has 1 N–H and O–H groups in total. The number of amides is 1. The van der Waals surface area contributed by atoms with Crippen LogP contribution in [-0.4, -0.2) is 31.8 Å². The van der Waals surface area contributed by atoms with Crippen molar-refractivity contribution in [1.29, 1.82) is 0 Å². The highest BCUT2D eigenvalue weighted by Gasteiger charge is 2.04. The van der Waals surface area contributed by atoms with Gasteiger partial charge >= 0.3 is 5.97 Å². The molecule has 2 rings (SSSR count). The monoisotopic (exact) mass is 340 g/mol. The maximum atomic E-state index is 11.7. The number of aryl methyl sites for hydroxylation is 1. The van der Waals surface area contributed by atoms with Crippen LogP contribution in [0.25, 0.3) is 0 Å². The van der Waals surface area contributed by atoms with Crippen molar-refractivity contribution in [3.05, 3.63) is 65.2 Å². The van der Waals surface area contributed by atoms with Gasteiger partial charge in [-0.1, -0.05) is 31.2 Å². The Morgan fingerprint density at radius 1 is 1.08 bits per heavy atom. The number of hydrazone groups is 1. The number of carbonyl (C=O) groups excluding carboxylic acids is 2. The summed E-state index contributed by atoms with van der Waals surface area (Å²) in [5, 5.41) is 3.86. The lowest BCUT2D eigenvalue weighted by Crippen LogP contribution is -2.24. The number of hydrogen-bond donors (Lipinski definition) is 1. The fraction of sp³-hybridized carbons (Fsp3) is 0.211. The quantitative estimate of drug-likeness (QED) is 0.477. The summed E-state index contributed by atoms with van der Waals surface area (Å²) < 4.78 is 10.0. The van der Waals surface area contributed by atoms with E-state index in [2.05, 4.69) is 22.2 Å². The van der Waals surface area contributed by atoms with Crippen LogP contribution >= 0.6 is 0 Å². The number of methoxy groups -OCH3 is 1. The van der Waals surface area contributed by atoms with E-state index in [0.29, 0.717) is 11.3 Å². The average molecular weight is 340 g/mol. The fourth-order valence-electron chi connectivity index (χ4n) is 2.00. The van der Waals surface area contributed by atoms with Crippen LogP contribution in [0.3, 0.4) is 0 Å². The van der Waals surface area contributed by atoms with Crippen molar-refractivity contribution in [1.82, 2.24) is 5.43 Å². The molecule has 0 atom stereocenters. The standard InChI is InChI=1S/C19H20N2O4/c1-3-14-6-10-17(11-7-14)25-13-18(22)21-20-12-15-4-8-16(9-5-15)19(23)24-2/h4-12H,3,13H2,1-2H3,(H,21,22)/b20-12-. The first kappa shape index (κ1) is 18.2. The average Bonchev–Trinajstić information content (AvgIpc) is 2.66. The van der Waals surface area contributed by atoms with E-state index in [1.165, 1.54) is 18.9 Å². The van der Waals surface area contributed by atoms with Crippen molar-refractivity contribution in [3.63, 3.8) is 0 Å². The van der Waals surface area contributed by atoms with Gasteiger partial charge in [0.2, 0.25) is 0 Å². The number of nitrogens with one attached hydrogen (secondary N) is 1. The van der Waals surface area contributed by atoms with Gasteiger partial charge in [0, 0.05) is 0 Å². The van der Waals surface area contributed by atoms with Gasteiger partial charge in [-0.2, -0.15) is 5.10 Å². The Bertz CT molecular complexity index is 737. The van der Waals surface area contributed by atoms with Crippen LogP contribution in [0.15, 0.2) is 53.6 Å². The summed E-state index contributed by atoms with van der Waals surface area (Å²) in [6, 6.07) is 14.2. The molecule has 0 aliphatic carbocycles. The highest BCUT2D eigenvalue weighted by atomic mass is 16.5. The van der Waals surface area contributed by atoms with Crippen molar-refractivity contribution >= 4 is 18.1 Å². The fourth-order valence-corrected chi connectivity index (χ4v) is 2.00. The molecule has 2 aromatic carbocycles. The van der Waals surface area contributed by atoms with Gasteiger partial charge in [0.1, 0.15) is 5.75 Å². The molecule has 0 aliphatic rings. The Kier molecular flexibility index (Phi) is 6.71. The third-order valence-electron chi connectivity index (χ3n) is 3.44. The van der Waals surface area contributed by atoms with Crippen LogP contribution < -0.4 is 10.2 Å². The molecule has 0 heterocycles. The van der Waals surface area contributed by atoms with E-state index < -0.39 is 5.97 Å². The molecule has 0 bridgehead atoms. The maximum Gasteiger partial charge on any atom is 0.337 e. The lowest BCUT2D eigenvalue weighted by Gasteiger charge is -2.05. The summed E-state index contributed by atoms with van der Waals surface area (Å²) in [5.74, 6) is -0.127. The summed E-state index contributed by atoms with van der Waals surface area (Å²) in [4.78, 5) is 23.0. The van der Waals surface area contributed by atoms with Crippen LogP contribution in [0.5, 0.6) is 5.75 Å². The second-order valence-electron chi connectivity index (χ2n) is 5.19. The summed E-state index contributed by atoms with van der Waals surface area (Å²) in [6.07, 6.45) is 2.44. The van der Waals surface area contributed by atoms with E-state index in [1.54, 1.807) is 24.3 Å². The Morgan fingerprint density at radius 2 is 1.76 bits per heavy atom. The molecule has 0 fully saturated rings. The molecule has 6 heteroatoms. The predicted octanol–water partition coefficient (Wildman–Crippen LogP) is 2.56. The molecule has 130 valence electrons. The van der Waals surface area contributed by atoms with Gasteiger partial charge in [0.15, 0.2) is 6.61 Å². The SMILES string of the molecule is CCc1ccc(OCC(=O)N/N=C\c2ccc(C(=O)OC)cc2)cc1. The molecule has 0 saturated carbocycles. The van der Waals surface area contributed by atoms with Crippen LogP contribution in [0, 0.1) is 0 Å². The second kappa shape index (κ2) is 9.22. The van der Waals surface area contributed by atoms with Gasteiger partial charge in [-0.25, -0.2) is 10.2 Å². The van der Waals surface area contributed by atoms with Gasteiger partial charge in [-0.3, -0.25) is 4.79 Å². The predicted molar refractivity (Wildman–Crippen MR) is 94.8 cm³/mol. The molecule has 0 unspecified atom stereocenters. The van der Waals surface area contributed by atoms with E-state index in [-0.39, 0.29) is 12.5 Å². The Morgan fingerprint density at radius 3 is 2.36 bits per heavy atom. The van der Waals surface area contributed by atoms with E-state index in [4.69, 9.17) is 4.74 Å². The zero-order chi connectivity index (χ0) is 18.1. The van der Waals surface area contributed by atoms with Crippen molar-refractivity contribution in [2.24, 2.45) is 5.10 Å². The largest absolute Gasteiger partial charge is 0.484 e. The Hall–Kier alpha value is -3.15. The zero-order valence-corrected chi connectivity index (χ0v) is 14.2. The molecule has 0 aliphatic heterocycles. The number of rotatable bonds is 7. The first-order chi connectivity index (χ1) is 12.1. The second-order valence-corrected chi connectivity index (χ2v) is 5.19. The molecule has 2 aromatic rings. The molecule has 0 saturated heterocycles. The lowest BCUT2D eigenvalue weighted by atomic mass is 10.1. The van der Waals surface area contributed by atoms with E-state index >= 15 is 0 Å². The maximum absolute atomic E-state index is 11.7. The molecule has 25 heavy (non-hydrogen) atoms. The number of hydrogen-bond acceptors (Lipinski definition) is 5. The van der Waals surface area contributed by atoms with E-state index in [1.807, 2.05) is 24.3 Å². The number of nitrogens with zero attached hydrogens (tertiary/aromatic N) is 1. The highest BCUT2D eigenvalue weighted by Crippen LogP contribution is 2.12. The van der Waals surface area contributed by atoms with Gasteiger partial charge in [0.05, 0.1) is 18.9 Å². The van der Waals surface area contributed by atoms with Crippen molar-refractivity contribution in [2.45, 2.75) is 13.3 Å². The number of benzene rings is 2. The highest BCUT2D eigenvalue weighted by molar-refractivity contribution is 5.90. The Balaban J connectivity index is 1.78. The van der Waals surface area contributed by atoms with E-state index in [9.17, 15) is 9.59 Å². The summed E-state index contributed by atoms with van der Waals surface area (Å²) in [6.45, 7) is 1.95. The molecule has 6 nitrogen and oxygen atoms in total. The first-order valence-electron chi connectivity index (χ1n) is 7.84.